The molecule has 0 aliphatic heterocycles. The van der Waals surface area contributed by atoms with E-state index in [1.54, 1.807) is 24.1 Å². The molecule has 0 amide bonds. The number of pyridine rings is 1. The average molecular weight is 272 g/mol. The second kappa shape index (κ2) is 5.30. The molecule has 0 aromatic carbocycles. The Morgan fingerprint density at radius 1 is 1.30 bits per heavy atom. The summed E-state index contributed by atoms with van der Waals surface area (Å²) in [5, 5.41) is 11.8. The van der Waals surface area contributed by atoms with Crippen molar-refractivity contribution in [2.75, 3.05) is 19.0 Å². The van der Waals surface area contributed by atoms with Crippen molar-refractivity contribution in [3.63, 3.8) is 0 Å². The molecule has 3 aromatic heterocycles. The number of aryl methyl sites for hydroxylation is 1. The highest BCUT2D eigenvalue weighted by atomic mass is 16.5. The van der Waals surface area contributed by atoms with E-state index in [-0.39, 0.29) is 0 Å². The number of methoxy groups -OCH3 is 1. The van der Waals surface area contributed by atoms with E-state index in [0.717, 1.165) is 29.3 Å². The Kier molecular flexibility index (Phi) is 3.34. The Hall–Kier alpha value is -2.41. The van der Waals surface area contributed by atoms with E-state index in [9.17, 15) is 0 Å². The van der Waals surface area contributed by atoms with E-state index < -0.39 is 0 Å². The van der Waals surface area contributed by atoms with E-state index >= 15 is 0 Å². The van der Waals surface area contributed by atoms with Gasteiger partial charge < -0.3 is 10.1 Å². The minimum Gasteiger partial charge on any atom is -0.383 e. The van der Waals surface area contributed by atoms with Crippen LogP contribution in [0.3, 0.4) is 0 Å². The van der Waals surface area contributed by atoms with Gasteiger partial charge in [0.15, 0.2) is 5.65 Å². The van der Waals surface area contributed by atoms with Crippen LogP contribution in [0.1, 0.15) is 5.56 Å². The van der Waals surface area contributed by atoms with E-state index in [1.165, 1.54) is 0 Å². The van der Waals surface area contributed by atoms with E-state index in [4.69, 9.17) is 4.74 Å². The number of rotatable bonds is 5. The molecule has 3 aromatic rings. The maximum Gasteiger partial charge on any atom is 0.157 e. The minimum absolute atomic E-state index is 0.638. The van der Waals surface area contributed by atoms with Gasteiger partial charge in [0.2, 0.25) is 0 Å². The molecule has 104 valence electrons. The lowest BCUT2D eigenvalue weighted by Gasteiger charge is -2.07. The fourth-order valence-electron chi connectivity index (χ4n) is 2.03. The van der Waals surface area contributed by atoms with Crippen LogP contribution in [0.15, 0.2) is 30.9 Å². The zero-order chi connectivity index (χ0) is 13.9. The first-order valence-corrected chi connectivity index (χ1v) is 6.35. The highest BCUT2D eigenvalue weighted by Gasteiger charge is 2.06. The van der Waals surface area contributed by atoms with Gasteiger partial charge in [0.25, 0.3) is 0 Å². The van der Waals surface area contributed by atoms with Crippen molar-refractivity contribution >= 4 is 17.2 Å². The largest absolute Gasteiger partial charge is 0.383 e. The number of aromatic nitrogens is 5. The molecule has 3 rings (SSSR count). The molecule has 0 saturated carbocycles. The first-order valence-electron chi connectivity index (χ1n) is 6.35. The standard InChI is InChI=1S/C13H16N6O/c1-10-5-12-14-9-16-19(12)13(6-10)17-11-7-15-18(8-11)3-4-20-2/h5-9,17H,3-4H2,1-2H3. The van der Waals surface area contributed by atoms with Gasteiger partial charge in [0.1, 0.15) is 12.1 Å². The summed E-state index contributed by atoms with van der Waals surface area (Å²) < 4.78 is 8.63. The van der Waals surface area contributed by atoms with Gasteiger partial charge in [-0.2, -0.15) is 14.7 Å². The summed E-state index contributed by atoms with van der Waals surface area (Å²) in [6.07, 6.45) is 5.26. The van der Waals surface area contributed by atoms with Crippen molar-refractivity contribution in [3.05, 3.63) is 36.4 Å². The van der Waals surface area contributed by atoms with Crippen molar-refractivity contribution in [1.29, 1.82) is 0 Å². The minimum atomic E-state index is 0.638. The number of hydrogen-bond acceptors (Lipinski definition) is 5. The lowest BCUT2D eigenvalue weighted by molar-refractivity contribution is 0.183. The Morgan fingerprint density at radius 3 is 3.05 bits per heavy atom. The molecule has 7 heteroatoms. The summed E-state index contributed by atoms with van der Waals surface area (Å²) in [5.74, 6) is 0.865. The Bertz CT molecular complexity index is 717. The molecule has 0 atom stereocenters. The number of fused-ring (bicyclic) bond motifs is 1. The molecular formula is C13H16N6O. The number of nitrogens with zero attached hydrogens (tertiary/aromatic N) is 5. The van der Waals surface area contributed by atoms with Crippen molar-refractivity contribution in [1.82, 2.24) is 24.4 Å². The molecule has 0 spiro atoms. The molecule has 0 radical (unpaired) electrons. The summed E-state index contributed by atoms with van der Waals surface area (Å²) in [6, 6.07) is 4.01. The molecule has 0 aliphatic rings. The summed E-state index contributed by atoms with van der Waals surface area (Å²) in [7, 11) is 1.68. The molecule has 7 nitrogen and oxygen atoms in total. The Balaban J connectivity index is 1.85. The van der Waals surface area contributed by atoms with Crippen molar-refractivity contribution in [3.8, 4) is 0 Å². The Morgan fingerprint density at radius 2 is 2.20 bits per heavy atom. The molecule has 0 saturated heterocycles. The van der Waals surface area contributed by atoms with E-state index in [2.05, 4.69) is 20.5 Å². The van der Waals surface area contributed by atoms with Crippen LogP contribution in [-0.4, -0.2) is 38.1 Å². The lowest BCUT2D eigenvalue weighted by atomic mass is 10.3. The molecule has 3 heterocycles. The summed E-state index contributed by atoms with van der Waals surface area (Å²) >= 11 is 0. The third-order valence-electron chi connectivity index (χ3n) is 2.95. The van der Waals surface area contributed by atoms with Crippen LogP contribution in [0, 0.1) is 6.92 Å². The highest BCUT2D eigenvalue weighted by Crippen LogP contribution is 2.18. The van der Waals surface area contributed by atoms with Gasteiger partial charge in [-0.05, 0) is 24.6 Å². The Labute approximate surface area is 116 Å². The fourth-order valence-corrected chi connectivity index (χ4v) is 2.03. The lowest BCUT2D eigenvalue weighted by Crippen LogP contribution is -2.04. The van der Waals surface area contributed by atoms with Crippen LogP contribution < -0.4 is 5.32 Å². The van der Waals surface area contributed by atoms with Crippen LogP contribution in [0.5, 0.6) is 0 Å². The summed E-state index contributed by atoms with van der Waals surface area (Å²) in [4.78, 5) is 4.20. The fraction of sp³-hybridized carbons (Fsp3) is 0.308. The average Bonchev–Trinajstić information content (AvgIpc) is 3.05. The third kappa shape index (κ3) is 2.48. The number of nitrogens with one attached hydrogen (secondary N) is 1. The van der Waals surface area contributed by atoms with Gasteiger partial charge in [-0.3, -0.25) is 4.68 Å². The number of hydrogen-bond donors (Lipinski definition) is 1. The van der Waals surface area contributed by atoms with E-state index in [0.29, 0.717) is 6.61 Å². The second-order valence-electron chi connectivity index (χ2n) is 4.56. The molecule has 0 bridgehead atoms. The van der Waals surface area contributed by atoms with Gasteiger partial charge in [0, 0.05) is 13.3 Å². The van der Waals surface area contributed by atoms with Crippen molar-refractivity contribution < 1.29 is 4.74 Å². The highest BCUT2D eigenvalue weighted by molar-refractivity contribution is 5.59. The quantitative estimate of drug-likeness (QED) is 0.764. The van der Waals surface area contributed by atoms with E-state index in [1.807, 2.05) is 29.9 Å². The molecule has 1 N–H and O–H groups in total. The predicted octanol–water partition coefficient (Wildman–Crippen LogP) is 1.62. The normalized spacial score (nSPS) is 11.1. The van der Waals surface area contributed by atoms with Crippen LogP contribution in [-0.2, 0) is 11.3 Å². The van der Waals surface area contributed by atoms with Crippen LogP contribution in [0.25, 0.3) is 5.65 Å². The summed E-state index contributed by atoms with van der Waals surface area (Å²) in [5.41, 5.74) is 2.85. The maximum atomic E-state index is 5.03. The monoisotopic (exact) mass is 272 g/mol. The topological polar surface area (TPSA) is 69.3 Å². The van der Waals surface area contributed by atoms with Crippen molar-refractivity contribution in [2.24, 2.45) is 0 Å². The van der Waals surface area contributed by atoms with Crippen LogP contribution in [0.2, 0.25) is 0 Å². The third-order valence-corrected chi connectivity index (χ3v) is 2.95. The molecule has 0 fully saturated rings. The first-order chi connectivity index (χ1) is 9.76. The molecular weight excluding hydrogens is 256 g/mol. The SMILES string of the molecule is COCCn1cc(Nc2cc(C)cc3ncnn23)cn1. The van der Waals surface area contributed by atoms with Gasteiger partial charge in [-0.1, -0.05) is 0 Å². The van der Waals surface area contributed by atoms with Crippen LogP contribution in [0.4, 0.5) is 11.5 Å². The smallest absolute Gasteiger partial charge is 0.157 e. The van der Waals surface area contributed by atoms with Gasteiger partial charge in [-0.15, -0.1) is 0 Å². The maximum absolute atomic E-state index is 5.03. The molecule has 0 aliphatic carbocycles. The van der Waals surface area contributed by atoms with Gasteiger partial charge >= 0.3 is 0 Å². The first kappa shape index (κ1) is 12.6. The molecule has 0 unspecified atom stereocenters. The van der Waals surface area contributed by atoms with Gasteiger partial charge in [0.05, 0.1) is 25.0 Å². The summed E-state index contributed by atoms with van der Waals surface area (Å²) in [6.45, 7) is 3.39. The number of ether oxygens (including phenoxy) is 1. The van der Waals surface area contributed by atoms with Crippen LogP contribution >= 0.6 is 0 Å². The molecule has 20 heavy (non-hydrogen) atoms. The number of anilines is 2. The predicted molar refractivity (Wildman–Crippen MR) is 75.1 cm³/mol. The zero-order valence-electron chi connectivity index (χ0n) is 11.4. The zero-order valence-corrected chi connectivity index (χ0v) is 11.4. The second-order valence-corrected chi connectivity index (χ2v) is 4.56. The van der Waals surface area contributed by atoms with Gasteiger partial charge in [-0.25, -0.2) is 4.98 Å². The van der Waals surface area contributed by atoms with Crippen molar-refractivity contribution in [2.45, 2.75) is 13.5 Å².